The van der Waals surface area contributed by atoms with Gasteiger partial charge in [-0.1, -0.05) is 11.6 Å². The smallest absolute Gasteiger partial charge is 0.0752 e. The second-order valence-electron chi connectivity index (χ2n) is 5.10. The molecular weight excluding hydrogens is 174 g/mol. The fourth-order valence-corrected chi connectivity index (χ4v) is 2.86. The molecule has 0 aromatic carbocycles. The average Bonchev–Trinajstić information content (AvgIpc) is 2.44. The Morgan fingerprint density at radius 3 is 2.36 bits per heavy atom. The summed E-state index contributed by atoms with van der Waals surface area (Å²) in [6.07, 6.45) is 6.72. The third-order valence-electron chi connectivity index (χ3n) is 3.50. The van der Waals surface area contributed by atoms with Crippen molar-refractivity contribution in [1.29, 1.82) is 0 Å². The Morgan fingerprint density at radius 1 is 1.29 bits per heavy atom. The topological polar surface area (TPSA) is 32.3 Å². The molecule has 2 nitrogen and oxygen atoms in total. The first kappa shape index (κ1) is 10.2. The number of hydrogen-bond donors (Lipinski definition) is 2. The third kappa shape index (κ3) is 2.18. The van der Waals surface area contributed by atoms with Gasteiger partial charge in [0.2, 0.25) is 0 Å². The molecule has 2 rings (SSSR count). The Morgan fingerprint density at radius 2 is 1.86 bits per heavy atom. The highest BCUT2D eigenvalue weighted by molar-refractivity contribution is 5.03. The monoisotopic (exact) mass is 195 g/mol. The molecule has 2 aliphatic heterocycles. The summed E-state index contributed by atoms with van der Waals surface area (Å²) in [7, 11) is 0. The fourth-order valence-electron chi connectivity index (χ4n) is 2.86. The molecule has 2 heteroatoms. The molecule has 0 aliphatic carbocycles. The number of fused-ring (bicyclic) bond motifs is 2. The quantitative estimate of drug-likeness (QED) is 0.659. The van der Waals surface area contributed by atoms with E-state index in [9.17, 15) is 5.11 Å². The Balaban J connectivity index is 1.95. The van der Waals surface area contributed by atoms with Gasteiger partial charge in [0.25, 0.3) is 0 Å². The van der Waals surface area contributed by atoms with E-state index in [0.717, 1.165) is 12.8 Å². The van der Waals surface area contributed by atoms with Crippen molar-refractivity contribution in [2.75, 3.05) is 0 Å². The van der Waals surface area contributed by atoms with E-state index >= 15 is 0 Å². The zero-order valence-electron chi connectivity index (χ0n) is 9.16. The Labute approximate surface area is 86.4 Å². The van der Waals surface area contributed by atoms with Crippen LogP contribution in [-0.2, 0) is 0 Å². The second kappa shape index (κ2) is 4.03. The van der Waals surface area contributed by atoms with Gasteiger partial charge in [0.15, 0.2) is 0 Å². The van der Waals surface area contributed by atoms with Gasteiger partial charge in [0, 0.05) is 12.1 Å². The lowest BCUT2D eigenvalue weighted by Crippen LogP contribution is -2.41. The summed E-state index contributed by atoms with van der Waals surface area (Å²) in [5.74, 6) is 0.489. The molecule has 2 heterocycles. The van der Waals surface area contributed by atoms with Gasteiger partial charge in [0.05, 0.1) is 6.10 Å². The summed E-state index contributed by atoms with van der Waals surface area (Å²) in [6.45, 7) is 4.11. The number of piperidine rings is 1. The highest BCUT2D eigenvalue weighted by atomic mass is 16.3. The van der Waals surface area contributed by atoms with Crippen LogP contribution in [0.1, 0.15) is 39.5 Å². The van der Waals surface area contributed by atoms with Gasteiger partial charge in [-0.3, -0.25) is 0 Å². The van der Waals surface area contributed by atoms with E-state index < -0.39 is 0 Å². The Bertz CT molecular complexity index is 220. The minimum atomic E-state index is -0.217. The van der Waals surface area contributed by atoms with Gasteiger partial charge in [-0.25, -0.2) is 0 Å². The van der Waals surface area contributed by atoms with Crippen LogP contribution in [-0.4, -0.2) is 23.3 Å². The molecule has 3 atom stereocenters. The van der Waals surface area contributed by atoms with Crippen LogP contribution in [0.3, 0.4) is 0 Å². The van der Waals surface area contributed by atoms with Crippen molar-refractivity contribution in [3.8, 4) is 0 Å². The molecule has 14 heavy (non-hydrogen) atoms. The van der Waals surface area contributed by atoms with Crippen molar-refractivity contribution in [1.82, 2.24) is 5.32 Å². The van der Waals surface area contributed by atoms with Crippen LogP contribution < -0.4 is 5.32 Å². The molecule has 0 radical (unpaired) electrons. The third-order valence-corrected chi connectivity index (χ3v) is 3.50. The van der Waals surface area contributed by atoms with Gasteiger partial charge >= 0.3 is 0 Å². The minimum Gasteiger partial charge on any atom is -0.389 e. The van der Waals surface area contributed by atoms with Crippen LogP contribution in [0.4, 0.5) is 0 Å². The van der Waals surface area contributed by atoms with Crippen LogP contribution in [0.15, 0.2) is 11.6 Å². The van der Waals surface area contributed by atoms with Gasteiger partial charge in [-0.2, -0.15) is 0 Å². The summed E-state index contributed by atoms with van der Waals surface area (Å²) < 4.78 is 0. The number of nitrogens with one attached hydrogen (secondary N) is 1. The van der Waals surface area contributed by atoms with Crippen molar-refractivity contribution in [3.63, 3.8) is 0 Å². The van der Waals surface area contributed by atoms with Crippen LogP contribution in [0.5, 0.6) is 0 Å². The van der Waals surface area contributed by atoms with Crippen molar-refractivity contribution in [2.24, 2.45) is 5.92 Å². The lowest BCUT2D eigenvalue weighted by Gasteiger charge is -2.31. The molecule has 0 aromatic heterocycles. The maximum atomic E-state index is 10.0. The van der Waals surface area contributed by atoms with E-state index in [1.165, 1.54) is 18.4 Å². The van der Waals surface area contributed by atoms with Gasteiger partial charge in [-0.15, -0.1) is 0 Å². The molecule has 0 spiro atoms. The maximum Gasteiger partial charge on any atom is 0.0752 e. The molecule has 0 amide bonds. The number of aliphatic hydroxyl groups excluding tert-OH is 1. The van der Waals surface area contributed by atoms with Crippen molar-refractivity contribution in [3.05, 3.63) is 11.6 Å². The van der Waals surface area contributed by atoms with Crippen LogP contribution in [0.2, 0.25) is 0 Å². The largest absolute Gasteiger partial charge is 0.389 e. The molecule has 2 saturated heterocycles. The molecule has 2 N–H and O–H groups in total. The summed E-state index contributed by atoms with van der Waals surface area (Å²) in [5, 5.41) is 13.6. The SMILES string of the molecule is CC(C)=CC(O)C1CC2CCC(C1)N2. The molecule has 80 valence electrons. The van der Waals surface area contributed by atoms with Crippen LogP contribution in [0, 0.1) is 5.92 Å². The molecule has 2 aliphatic rings. The number of aliphatic hydroxyl groups is 1. The van der Waals surface area contributed by atoms with Crippen molar-refractivity contribution < 1.29 is 5.11 Å². The van der Waals surface area contributed by atoms with E-state index in [1.54, 1.807) is 0 Å². The fraction of sp³-hybridized carbons (Fsp3) is 0.833. The van der Waals surface area contributed by atoms with E-state index in [0.29, 0.717) is 18.0 Å². The first-order valence-electron chi connectivity index (χ1n) is 5.74. The van der Waals surface area contributed by atoms with E-state index in [2.05, 4.69) is 19.2 Å². The number of allylic oxidation sites excluding steroid dienone is 1. The van der Waals surface area contributed by atoms with Gasteiger partial charge < -0.3 is 10.4 Å². The van der Waals surface area contributed by atoms with E-state index in [4.69, 9.17) is 0 Å². The predicted octanol–water partition coefficient (Wildman–Crippen LogP) is 1.84. The number of hydrogen-bond acceptors (Lipinski definition) is 2. The van der Waals surface area contributed by atoms with Crippen molar-refractivity contribution in [2.45, 2.75) is 57.7 Å². The second-order valence-corrected chi connectivity index (χ2v) is 5.10. The highest BCUT2D eigenvalue weighted by Crippen LogP contribution is 2.33. The zero-order chi connectivity index (χ0) is 10.1. The van der Waals surface area contributed by atoms with E-state index in [1.807, 2.05) is 6.08 Å². The zero-order valence-corrected chi connectivity index (χ0v) is 9.16. The standard InChI is InChI=1S/C12H21NO/c1-8(2)5-12(14)9-6-10-3-4-11(7-9)13-10/h5,9-14H,3-4,6-7H2,1-2H3. The van der Waals surface area contributed by atoms with Crippen LogP contribution >= 0.6 is 0 Å². The number of rotatable bonds is 2. The highest BCUT2D eigenvalue weighted by Gasteiger charge is 2.35. The predicted molar refractivity (Wildman–Crippen MR) is 58.1 cm³/mol. The van der Waals surface area contributed by atoms with Crippen LogP contribution in [0.25, 0.3) is 0 Å². The average molecular weight is 195 g/mol. The summed E-state index contributed by atoms with van der Waals surface area (Å²) >= 11 is 0. The first-order chi connectivity index (χ1) is 6.65. The summed E-state index contributed by atoms with van der Waals surface area (Å²) in [4.78, 5) is 0. The van der Waals surface area contributed by atoms with Gasteiger partial charge in [-0.05, 0) is 45.4 Å². The Hall–Kier alpha value is -0.340. The molecular formula is C12H21NO. The van der Waals surface area contributed by atoms with Gasteiger partial charge in [0.1, 0.15) is 0 Å². The molecule has 0 aromatic rings. The normalized spacial score (nSPS) is 38.1. The molecule has 0 saturated carbocycles. The van der Waals surface area contributed by atoms with Crippen molar-refractivity contribution >= 4 is 0 Å². The molecule has 2 bridgehead atoms. The molecule has 3 unspecified atom stereocenters. The minimum absolute atomic E-state index is 0.217. The molecule has 2 fully saturated rings. The lowest BCUT2D eigenvalue weighted by atomic mass is 9.87. The van der Waals surface area contributed by atoms with E-state index in [-0.39, 0.29) is 6.10 Å². The lowest BCUT2D eigenvalue weighted by molar-refractivity contribution is 0.113. The summed E-state index contributed by atoms with van der Waals surface area (Å²) in [6, 6.07) is 1.36. The maximum absolute atomic E-state index is 10.0. The summed E-state index contributed by atoms with van der Waals surface area (Å²) in [5.41, 5.74) is 1.23. The Kier molecular flexibility index (Phi) is 2.93. The first-order valence-corrected chi connectivity index (χ1v) is 5.74.